The number of nitrogens with zero attached hydrogens (tertiary/aromatic N) is 2. The molecule has 0 bridgehead atoms. The number of rotatable bonds is 4. The van der Waals surface area contributed by atoms with E-state index in [1.807, 2.05) is 60.7 Å². The summed E-state index contributed by atoms with van der Waals surface area (Å²) in [6.07, 6.45) is 6.22. The summed E-state index contributed by atoms with van der Waals surface area (Å²) in [7, 11) is 0. The van der Waals surface area contributed by atoms with Crippen LogP contribution in [0.25, 0.3) is 21.8 Å². The van der Waals surface area contributed by atoms with Crippen LogP contribution < -0.4 is 10.6 Å². The highest BCUT2D eigenvalue weighted by molar-refractivity contribution is 6.02. The summed E-state index contributed by atoms with van der Waals surface area (Å²) in [6.45, 7) is 0. The van der Waals surface area contributed by atoms with Gasteiger partial charge in [0.25, 0.3) is 0 Å². The molecule has 0 radical (unpaired) electrons. The number of fused-ring (bicyclic) bond motifs is 2. The zero-order valence-corrected chi connectivity index (χ0v) is 17.6. The van der Waals surface area contributed by atoms with Crippen LogP contribution in [0.15, 0.2) is 73.1 Å². The maximum Gasteiger partial charge on any atom is 0.227 e. The Labute approximate surface area is 186 Å². The summed E-state index contributed by atoms with van der Waals surface area (Å²) >= 11 is 0. The number of carbonyl (C=O) groups is 2. The van der Waals surface area contributed by atoms with Crippen molar-refractivity contribution in [3.8, 4) is 0 Å². The number of pyridine rings is 2. The summed E-state index contributed by atoms with van der Waals surface area (Å²) in [5.74, 6) is -0.199. The van der Waals surface area contributed by atoms with Gasteiger partial charge in [-0.3, -0.25) is 19.6 Å². The Hall–Kier alpha value is -3.80. The average Bonchev–Trinajstić information content (AvgIpc) is 2.84. The molecule has 6 nitrogen and oxygen atoms in total. The Kier molecular flexibility index (Phi) is 5.50. The lowest BCUT2D eigenvalue weighted by Crippen LogP contribution is -2.32. The molecule has 5 rings (SSSR count). The Morgan fingerprint density at radius 1 is 0.625 bits per heavy atom. The van der Waals surface area contributed by atoms with Crippen molar-refractivity contribution in [2.24, 2.45) is 11.8 Å². The summed E-state index contributed by atoms with van der Waals surface area (Å²) < 4.78 is 0. The normalized spacial score (nSPS) is 18.4. The van der Waals surface area contributed by atoms with Gasteiger partial charge in [0.2, 0.25) is 11.8 Å². The molecule has 2 aromatic heterocycles. The smallest absolute Gasteiger partial charge is 0.227 e. The summed E-state index contributed by atoms with van der Waals surface area (Å²) in [4.78, 5) is 34.6. The molecular formula is C26H24N4O2. The Balaban J connectivity index is 1.21. The summed E-state index contributed by atoms with van der Waals surface area (Å²) in [5.41, 5.74) is 3.05. The largest absolute Gasteiger partial charge is 0.324 e. The van der Waals surface area contributed by atoms with Gasteiger partial charge in [0, 0.05) is 35.0 Å². The molecule has 2 aromatic carbocycles. The summed E-state index contributed by atoms with van der Waals surface area (Å²) in [5, 5.41) is 8.08. The van der Waals surface area contributed by atoms with Gasteiger partial charge in [0.1, 0.15) is 0 Å². The van der Waals surface area contributed by atoms with Crippen LogP contribution in [0, 0.1) is 11.8 Å². The van der Waals surface area contributed by atoms with Crippen molar-refractivity contribution < 1.29 is 9.59 Å². The molecule has 32 heavy (non-hydrogen) atoms. The Morgan fingerprint density at radius 2 is 1.03 bits per heavy atom. The molecule has 1 saturated carbocycles. The second kappa shape index (κ2) is 8.75. The fourth-order valence-corrected chi connectivity index (χ4v) is 4.50. The van der Waals surface area contributed by atoms with Crippen LogP contribution in [-0.4, -0.2) is 21.8 Å². The highest BCUT2D eigenvalue weighted by Crippen LogP contribution is 2.32. The van der Waals surface area contributed by atoms with E-state index in [-0.39, 0.29) is 23.7 Å². The van der Waals surface area contributed by atoms with E-state index < -0.39 is 0 Å². The van der Waals surface area contributed by atoms with Crippen molar-refractivity contribution in [1.82, 2.24) is 9.97 Å². The van der Waals surface area contributed by atoms with E-state index in [1.165, 1.54) is 0 Å². The number of anilines is 2. The van der Waals surface area contributed by atoms with Crippen LogP contribution in [-0.2, 0) is 9.59 Å². The number of para-hydroxylation sites is 2. The van der Waals surface area contributed by atoms with Gasteiger partial charge >= 0.3 is 0 Å². The second-order valence-corrected chi connectivity index (χ2v) is 8.29. The first kappa shape index (κ1) is 20.1. The number of carbonyl (C=O) groups excluding carboxylic acids is 2. The van der Waals surface area contributed by atoms with Gasteiger partial charge in [-0.15, -0.1) is 0 Å². The third kappa shape index (κ3) is 4.04. The SMILES string of the molecule is O=C(Nc1cccc2cccnc12)C1CCC(C(=O)Nc2cccc3cccnc23)CC1. The van der Waals surface area contributed by atoms with E-state index >= 15 is 0 Å². The van der Waals surface area contributed by atoms with Crippen LogP contribution in [0.5, 0.6) is 0 Å². The highest BCUT2D eigenvalue weighted by atomic mass is 16.2. The van der Waals surface area contributed by atoms with Gasteiger partial charge in [0.15, 0.2) is 0 Å². The molecule has 1 aliphatic carbocycles. The van der Waals surface area contributed by atoms with Gasteiger partial charge in [-0.05, 0) is 49.9 Å². The molecule has 2 N–H and O–H groups in total. The van der Waals surface area contributed by atoms with Gasteiger partial charge < -0.3 is 10.6 Å². The van der Waals surface area contributed by atoms with Crippen LogP contribution >= 0.6 is 0 Å². The van der Waals surface area contributed by atoms with Crippen molar-refractivity contribution >= 4 is 45.0 Å². The molecule has 2 heterocycles. The number of hydrogen-bond donors (Lipinski definition) is 2. The first-order valence-electron chi connectivity index (χ1n) is 11.0. The molecule has 0 unspecified atom stereocenters. The fourth-order valence-electron chi connectivity index (χ4n) is 4.50. The number of benzene rings is 2. The maximum atomic E-state index is 12.9. The van der Waals surface area contributed by atoms with Crippen LogP contribution in [0.4, 0.5) is 11.4 Å². The van der Waals surface area contributed by atoms with E-state index in [0.29, 0.717) is 25.7 Å². The van der Waals surface area contributed by atoms with E-state index in [0.717, 1.165) is 33.2 Å². The zero-order valence-electron chi connectivity index (χ0n) is 17.6. The van der Waals surface area contributed by atoms with Crippen LogP contribution in [0.2, 0.25) is 0 Å². The standard InChI is InChI=1S/C26H24N4O2/c31-25(29-21-9-1-5-17-7-3-15-27-23(17)21)19-11-13-20(14-12-19)26(32)30-22-10-2-6-18-8-4-16-28-24(18)22/h1-10,15-16,19-20H,11-14H2,(H,29,31)(H,30,32). The minimum Gasteiger partial charge on any atom is -0.324 e. The molecule has 160 valence electrons. The first-order valence-corrected chi connectivity index (χ1v) is 11.0. The molecule has 0 atom stereocenters. The lowest BCUT2D eigenvalue weighted by Gasteiger charge is -2.27. The van der Waals surface area contributed by atoms with Crippen molar-refractivity contribution in [2.45, 2.75) is 25.7 Å². The minimum absolute atomic E-state index is 0.000245. The van der Waals surface area contributed by atoms with Crippen LogP contribution in [0.1, 0.15) is 25.7 Å². The Bertz CT molecular complexity index is 1180. The van der Waals surface area contributed by atoms with Gasteiger partial charge in [-0.25, -0.2) is 0 Å². The molecule has 1 aliphatic rings. The lowest BCUT2D eigenvalue weighted by molar-refractivity contribution is -0.125. The van der Waals surface area contributed by atoms with Crippen molar-refractivity contribution in [3.05, 3.63) is 73.1 Å². The monoisotopic (exact) mass is 424 g/mol. The van der Waals surface area contributed by atoms with Gasteiger partial charge in [-0.1, -0.05) is 36.4 Å². The molecule has 2 amide bonds. The molecule has 6 heteroatoms. The number of amides is 2. The topological polar surface area (TPSA) is 84.0 Å². The third-order valence-electron chi connectivity index (χ3n) is 6.25. The maximum absolute atomic E-state index is 12.9. The van der Waals surface area contributed by atoms with Crippen molar-refractivity contribution in [1.29, 1.82) is 0 Å². The predicted octanol–water partition coefficient (Wildman–Crippen LogP) is 5.17. The molecule has 4 aromatic rings. The highest BCUT2D eigenvalue weighted by Gasteiger charge is 2.30. The average molecular weight is 425 g/mol. The van der Waals surface area contributed by atoms with E-state index in [1.54, 1.807) is 12.4 Å². The Morgan fingerprint density at radius 3 is 1.47 bits per heavy atom. The van der Waals surface area contributed by atoms with Crippen molar-refractivity contribution in [2.75, 3.05) is 10.6 Å². The number of nitrogens with one attached hydrogen (secondary N) is 2. The van der Waals surface area contributed by atoms with E-state index in [2.05, 4.69) is 20.6 Å². The van der Waals surface area contributed by atoms with Crippen LogP contribution in [0.3, 0.4) is 0 Å². The molecule has 1 fully saturated rings. The van der Waals surface area contributed by atoms with E-state index in [9.17, 15) is 9.59 Å². The zero-order chi connectivity index (χ0) is 21.9. The molecular weight excluding hydrogens is 400 g/mol. The second-order valence-electron chi connectivity index (χ2n) is 8.29. The quantitative estimate of drug-likeness (QED) is 0.474. The summed E-state index contributed by atoms with van der Waals surface area (Å²) in [6, 6.07) is 19.3. The number of hydrogen-bond acceptors (Lipinski definition) is 4. The fraction of sp³-hybridized carbons (Fsp3) is 0.231. The molecule has 0 aliphatic heterocycles. The predicted molar refractivity (Wildman–Crippen MR) is 126 cm³/mol. The lowest BCUT2D eigenvalue weighted by atomic mass is 9.81. The molecule has 0 saturated heterocycles. The van der Waals surface area contributed by atoms with Gasteiger partial charge in [-0.2, -0.15) is 0 Å². The first-order chi connectivity index (χ1) is 15.7. The minimum atomic E-state index is -0.0998. The third-order valence-corrected chi connectivity index (χ3v) is 6.25. The van der Waals surface area contributed by atoms with E-state index in [4.69, 9.17) is 0 Å². The van der Waals surface area contributed by atoms with Gasteiger partial charge in [0.05, 0.1) is 22.4 Å². The molecule has 0 spiro atoms. The number of aromatic nitrogens is 2. The van der Waals surface area contributed by atoms with Crippen molar-refractivity contribution in [3.63, 3.8) is 0 Å².